The van der Waals surface area contributed by atoms with Crippen molar-refractivity contribution in [1.82, 2.24) is 4.72 Å². The largest absolute Gasteiger partial charge is 0.494 e. The highest BCUT2D eigenvalue weighted by molar-refractivity contribution is 7.89. The second-order valence-electron chi connectivity index (χ2n) is 9.12. The molecule has 0 saturated heterocycles. The highest BCUT2D eigenvalue weighted by Crippen LogP contribution is 2.38. The van der Waals surface area contributed by atoms with Crippen molar-refractivity contribution in [3.63, 3.8) is 0 Å². The summed E-state index contributed by atoms with van der Waals surface area (Å²) >= 11 is 6.24. The Balaban J connectivity index is 1.45. The summed E-state index contributed by atoms with van der Waals surface area (Å²) in [7, 11) is -2.42. The Labute approximate surface area is 226 Å². The Bertz CT molecular complexity index is 1560. The van der Waals surface area contributed by atoms with Gasteiger partial charge < -0.3 is 19.0 Å². The Morgan fingerprint density at radius 1 is 1.03 bits per heavy atom. The van der Waals surface area contributed by atoms with Crippen LogP contribution < -0.4 is 14.2 Å². The van der Waals surface area contributed by atoms with Crippen molar-refractivity contribution in [2.75, 3.05) is 7.11 Å². The van der Waals surface area contributed by atoms with Crippen LogP contribution in [0.5, 0.6) is 11.5 Å². The molecule has 2 N–H and O–H groups in total. The van der Waals surface area contributed by atoms with Crippen molar-refractivity contribution in [3.05, 3.63) is 77.0 Å². The molecule has 0 fully saturated rings. The van der Waals surface area contributed by atoms with Crippen LogP contribution in [0.1, 0.15) is 25.2 Å². The van der Waals surface area contributed by atoms with Gasteiger partial charge in [0.2, 0.25) is 10.0 Å². The molecule has 1 aromatic heterocycles. The molecule has 10 heteroatoms. The Morgan fingerprint density at radius 2 is 1.63 bits per heavy atom. The van der Waals surface area contributed by atoms with Crippen LogP contribution >= 0.6 is 11.6 Å². The highest BCUT2D eigenvalue weighted by atomic mass is 35.5. The van der Waals surface area contributed by atoms with E-state index in [-0.39, 0.29) is 11.5 Å². The second kappa shape index (κ2) is 11.1. The van der Waals surface area contributed by atoms with Crippen molar-refractivity contribution >= 4 is 38.6 Å². The number of furan rings is 1. The quantitative estimate of drug-likeness (QED) is 0.244. The number of carbonyl (C=O) groups is 1. The summed E-state index contributed by atoms with van der Waals surface area (Å²) in [4.78, 5) is 11.4. The summed E-state index contributed by atoms with van der Waals surface area (Å²) in [5.41, 5.74) is 3.22. The summed E-state index contributed by atoms with van der Waals surface area (Å²) in [5.74, 6) is 0.242. The van der Waals surface area contributed by atoms with Crippen LogP contribution in [0.15, 0.2) is 70.0 Å². The first-order valence-electron chi connectivity index (χ1n) is 11.8. The molecule has 8 nitrogen and oxygen atoms in total. The molecule has 0 aliphatic carbocycles. The van der Waals surface area contributed by atoms with Gasteiger partial charge in [0, 0.05) is 5.56 Å². The van der Waals surface area contributed by atoms with Crippen LogP contribution in [-0.4, -0.2) is 32.6 Å². The highest BCUT2D eigenvalue weighted by Gasteiger charge is 2.28. The average molecular weight is 558 g/mol. The molecule has 0 saturated carbocycles. The average Bonchev–Trinajstić information content (AvgIpc) is 3.21. The number of rotatable bonds is 10. The summed E-state index contributed by atoms with van der Waals surface area (Å²) in [6.45, 7) is 5.43. The molecule has 38 heavy (non-hydrogen) atoms. The summed E-state index contributed by atoms with van der Waals surface area (Å²) < 4.78 is 44.9. The van der Waals surface area contributed by atoms with E-state index in [1.165, 1.54) is 12.1 Å². The maximum absolute atomic E-state index is 12.7. The van der Waals surface area contributed by atoms with Crippen molar-refractivity contribution in [2.24, 2.45) is 5.92 Å². The molecule has 3 aromatic carbocycles. The molecule has 1 atom stereocenters. The van der Waals surface area contributed by atoms with Gasteiger partial charge >= 0.3 is 5.97 Å². The van der Waals surface area contributed by atoms with Gasteiger partial charge in [0.1, 0.15) is 35.5 Å². The van der Waals surface area contributed by atoms with Crippen LogP contribution in [-0.2, 0) is 21.4 Å². The zero-order chi connectivity index (χ0) is 27.6. The van der Waals surface area contributed by atoms with Gasteiger partial charge in [0.25, 0.3) is 0 Å². The maximum atomic E-state index is 12.7. The first-order valence-corrected chi connectivity index (χ1v) is 13.7. The first kappa shape index (κ1) is 27.5. The van der Waals surface area contributed by atoms with Crippen molar-refractivity contribution in [1.29, 1.82) is 0 Å². The zero-order valence-corrected chi connectivity index (χ0v) is 22.9. The number of nitrogens with one attached hydrogen (secondary N) is 1. The summed E-state index contributed by atoms with van der Waals surface area (Å²) in [5, 5.41) is 10.6. The third kappa shape index (κ3) is 5.65. The number of aryl methyl sites for hydroxylation is 1. The lowest BCUT2D eigenvalue weighted by molar-refractivity contribution is -0.140. The standard InChI is InChI=1S/C28H28ClNO7S/c1-16(2)26(28(31)32)30-38(33,34)21-11-7-19(8-12-21)18-5-9-20(10-6-18)36-15-24-17(3)25-23(37-24)14-13-22(29)27(25)35-4/h5-14,16,26,30H,15H2,1-4H3,(H,31,32)/t26-/m0/s1. The number of hydrogen-bond donors (Lipinski definition) is 2. The molecular weight excluding hydrogens is 530 g/mol. The van der Waals surface area contributed by atoms with Gasteiger partial charge in [-0.2, -0.15) is 4.72 Å². The van der Waals surface area contributed by atoms with E-state index in [0.717, 1.165) is 22.1 Å². The van der Waals surface area contributed by atoms with E-state index in [0.29, 0.717) is 27.9 Å². The maximum Gasteiger partial charge on any atom is 0.322 e. The Morgan fingerprint density at radius 3 is 2.18 bits per heavy atom. The summed E-state index contributed by atoms with van der Waals surface area (Å²) in [6, 6.07) is 15.9. The van der Waals surface area contributed by atoms with E-state index < -0.39 is 28.0 Å². The van der Waals surface area contributed by atoms with E-state index in [1.54, 1.807) is 45.2 Å². The van der Waals surface area contributed by atoms with Crippen LogP contribution in [0.25, 0.3) is 22.1 Å². The van der Waals surface area contributed by atoms with E-state index in [4.69, 9.17) is 25.5 Å². The van der Waals surface area contributed by atoms with Gasteiger partial charge in [-0.3, -0.25) is 4.79 Å². The van der Waals surface area contributed by atoms with Crippen molar-refractivity contribution < 1.29 is 32.2 Å². The number of hydrogen-bond acceptors (Lipinski definition) is 6. The minimum Gasteiger partial charge on any atom is -0.494 e. The lowest BCUT2D eigenvalue weighted by atomic mass is 10.1. The van der Waals surface area contributed by atoms with Crippen LogP contribution in [0.3, 0.4) is 0 Å². The minimum atomic E-state index is -3.98. The van der Waals surface area contributed by atoms with E-state index in [1.807, 2.05) is 31.2 Å². The molecule has 0 aliphatic rings. The number of carboxylic acid groups (broad SMARTS) is 1. The fourth-order valence-corrected chi connectivity index (χ4v) is 5.66. The van der Waals surface area contributed by atoms with Gasteiger partial charge in [0.15, 0.2) is 0 Å². The van der Waals surface area contributed by atoms with E-state index in [9.17, 15) is 18.3 Å². The lowest BCUT2D eigenvalue weighted by Gasteiger charge is -2.18. The third-order valence-electron chi connectivity index (χ3n) is 6.24. The number of aliphatic carboxylic acids is 1. The molecule has 0 amide bonds. The third-order valence-corrected chi connectivity index (χ3v) is 7.99. The number of methoxy groups -OCH3 is 1. The van der Waals surface area contributed by atoms with Crippen LogP contribution in [0, 0.1) is 12.8 Å². The normalized spacial score (nSPS) is 12.6. The van der Waals surface area contributed by atoms with Crippen LogP contribution in [0.4, 0.5) is 0 Å². The molecule has 0 spiro atoms. The molecule has 0 aliphatic heterocycles. The molecule has 4 rings (SSSR count). The Kier molecular flexibility index (Phi) is 8.01. The van der Waals surface area contributed by atoms with Gasteiger partial charge in [-0.05, 0) is 60.4 Å². The number of benzene rings is 3. The summed E-state index contributed by atoms with van der Waals surface area (Å²) in [6.07, 6.45) is 0. The number of ether oxygens (including phenoxy) is 2. The number of fused-ring (bicyclic) bond motifs is 1. The van der Waals surface area contributed by atoms with Crippen LogP contribution in [0.2, 0.25) is 5.02 Å². The minimum absolute atomic E-state index is 0.00720. The van der Waals surface area contributed by atoms with Crippen molar-refractivity contribution in [2.45, 2.75) is 38.3 Å². The molecule has 0 unspecified atom stereocenters. The number of carboxylic acids is 1. The van der Waals surface area contributed by atoms with Gasteiger partial charge in [-0.1, -0.05) is 49.7 Å². The SMILES string of the molecule is COc1c(Cl)ccc2oc(COc3ccc(-c4ccc(S(=O)(=O)N[C@H](C(=O)O)C(C)C)cc4)cc3)c(C)c12. The molecule has 0 radical (unpaired) electrons. The predicted molar refractivity (Wildman–Crippen MR) is 145 cm³/mol. The second-order valence-corrected chi connectivity index (χ2v) is 11.2. The molecule has 4 aromatic rings. The first-order chi connectivity index (χ1) is 18.0. The molecule has 1 heterocycles. The smallest absolute Gasteiger partial charge is 0.322 e. The number of halogens is 1. The van der Waals surface area contributed by atoms with Gasteiger partial charge in [-0.15, -0.1) is 0 Å². The predicted octanol–water partition coefficient (Wildman–Crippen LogP) is 6.04. The fraction of sp³-hybridized carbons (Fsp3) is 0.250. The van der Waals surface area contributed by atoms with Crippen molar-refractivity contribution in [3.8, 4) is 22.6 Å². The molecule has 0 bridgehead atoms. The number of sulfonamides is 1. The zero-order valence-electron chi connectivity index (χ0n) is 21.3. The van der Waals surface area contributed by atoms with E-state index in [2.05, 4.69) is 4.72 Å². The van der Waals surface area contributed by atoms with E-state index >= 15 is 0 Å². The van der Waals surface area contributed by atoms with Gasteiger partial charge in [-0.25, -0.2) is 8.42 Å². The monoisotopic (exact) mass is 557 g/mol. The molecule has 200 valence electrons. The van der Waals surface area contributed by atoms with Gasteiger partial charge in [0.05, 0.1) is 22.4 Å². The lowest BCUT2D eigenvalue weighted by Crippen LogP contribution is -2.44. The molecular formula is C28H28ClNO7S. The fourth-order valence-electron chi connectivity index (χ4n) is 4.09. The topological polar surface area (TPSA) is 115 Å². The Hall–Kier alpha value is -3.53.